The Kier molecular flexibility index (Phi) is 4.31. The average molecular weight is 315 g/mol. The second-order valence-electron chi connectivity index (χ2n) is 6.94. The number of carbonyl (C=O) groups is 1. The highest BCUT2D eigenvalue weighted by molar-refractivity contribution is 5.81. The standard InChI is InChI=1S/C18H25N3O2/c22-18(15-1-2-15)21-8-5-16(20-9-11-23-12-10-20)17(21)13-14-3-6-19-7-4-14/h3-4,6-7,15-17H,1-2,5,8-13H2/t16-,17+/m1/s1. The van der Waals surface area contributed by atoms with Gasteiger partial charge in [0.25, 0.3) is 0 Å². The summed E-state index contributed by atoms with van der Waals surface area (Å²) in [5.41, 5.74) is 1.28. The molecule has 124 valence electrons. The molecule has 0 unspecified atom stereocenters. The molecule has 2 saturated heterocycles. The van der Waals surface area contributed by atoms with E-state index in [0.717, 1.165) is 58.5 Å². The van der Waals surface area contributed by atoms with E-state index in [4.69, 9.17) is 4.74 Å². The molecule has 5 nitrogen and oxygen atoms in total. The average Bonchev–Trinajstić information content (AvgIpc) is 3.37. The van der Waals surface area contributed by atoms with Crippen LogP contribution in [0.25, 0.3) is 0 Å². The predicted octanol–water partition coefficient (Wildman–Crippen LogP) is 1.34. The van der Waals surface area contributed by atoms with Gasteiger partial charge in [-0.1, -0.05) is 0 Å². The molecular formula is C18H25N3O2. The van der Waals surface area contributed by atoms with Gasteiger partial charge >= 0.3 is 0 Å². The highest BCUT2D eigenvalue weighted by Gasteiger charge is 2.44. The van der Waals surface area contributed by atoms with E-state index in [-0.39, 0.29) is 0 Å². The molecule has 0 radical (unpaired) electrons. The third-order valence-corrected chi connectivity index (χ3v) is 5.43. The van der Waals surface area contributed by atoms with Crippen LogP contribution in [0.5, 0.6) is 0 Å². The number of likely N-dealkylation sites (tertiary alicyclic amines) is 1. The van der Waals surface area contributed by atoms with Crippen LogP contribution in [0.15, 0.2) is 24.5 Å². The number of pyridine rings is 1. The molecule has 5 heteroatoms. The van der Waals surface area contributed by atoms with Gasteiger partial charge in [0.05, 0.1) is 19.3 Å². The Hall–Kier alpha value is -1.46. The molecule has 1 amide bonds. The van der Waals surface area contributed by atoms with Crippen molar-refractivity contribution in [1.29, 1.82) is 0 Å². The van der Waals surface area contributed by atoms with E-state index in [9.17, 15) is 4.79 Å². The fourth-order valence-electron chi connectivity index (χ4n) is 4.02. The fraction of sp³-hybridized carbons (Fsp3) is 0.667. The minimum atomic E-state index is 0.295. The third kappa shape index (κ3) is 3.26. The normalized spacial score (nSPS) is 29.0. The number of amides is 1. The van der Waals surface area contributed by atoms with Crippen LogP contribution in [0.4, 0.5) is 0 Å². The summed E-state index contributed by atoms with van der Waals surface area (Å²) in [6, 6.07) is 4.92. The summed E-state index contributed by atoms with van der Waals surface area (Å²) >= 11 is 0. The van der Waals surface area contributed by atoms with Gasteiger partial charge < -0.3 is 9.64 Å². The first-order chi connectivity index (χ1) is 11.3. The molecule has 3 aliphatic rings. The molecule has 2 atom stereocenters. The first kappa shape index (κ1) is 15.1. The maximum absolute atomic E-state index is 12.7. The number of nitrogens with zero attached hydrogens (tertiary/aromatic N) is 3. The Morgan fingerprint density at radius 3 is 2.57 bits per heavy atom. The number of ether oxygens (including phenoxy) is 1. The predicted molar refractivity (Wildman–Crippen MR) is 87.0 cm³/mol. The number of aromatic nitrogens is 1. The van der Waals surface area contributed by atoms with Gasteiger partial charge in [0.2, 0.25) is 5.91 Å². The van der Waals surface area contributed by atoms with E-state index in [1.54, 1.807) is 0 Å². The number of morpholine rings is 1. The van der Waals surface area contributed by atoms with E-state index in [2.05, 4.69) is 26.9 Å². The summed E-state index contributed by atoms with van der Waals surface area (Å²) in [5, 5.41) is 0. The topological polar surface area (TPSA) is 45.7 Å². The summed E-state index contributed by atoms with van der Waals surface area (Å²) < 4.78 is 5.50. The van der Waals surface area contributed by atoms with Crippen molar-refractivity contribution >= 4 is 5.91 Å². The zero-order valence-corrected chi connectivity index (χ0v) is 13.6. The Labute approximate surface area is 137 Å². The van der Waals surface area contributed by atoms with Crippen LogP contribution in [0.3, 0.4) is 0 Å². The van der Waals surface area contributed by atoms with Crippen molar-refractivity contribution in [3.8, 4) is 0 Å². The Bertz CT molecular complexity index is 540. The number of rotatable bonds is 4. The molecule has 4 rings (SSSR count). The van der Waals surface area contributed by atoms with Crippen molar-refractivity contribution in [3.05, 3.63) is 30.1 Å². The van der Waals surface area contributed by atoms with Crippen LogP contribution in [0.2, 0.25) is 0 Å². The van der Waals surface area contributed by atoms with Gasteiger partial charge in [-0.25, -0.2) is 0 Å². The van der Waals surface area contributed by atoms with Crippen LogP contribution >= 0.6 is 0 Å². The zero-order valence-electron chi connectivity index (χ0n) is 13.6. The van der Waals surface area contributed by atoms with Crippen molar-refractivity contribution in [3.63, 3.8) is 0 Å². The minimum absolute atomic E-state index is 0.295. The molecule has 1 aliphatic carbocycles. The largest absolute Gasteiger partial charge is 0.379 e. The van der Waals surface area contributed by atoms with Crippen molar-refractivity contribution in [1.82, 2.24) is 14.8 Å². The molecular weight excluding hydrogens is 290 g/mol. The highest BCUT2D eigenvalue weighted by atomic mass is 16.5. The monoisotopic (exact) mass is 315 g/mol. The van der Waals surface area contributed by atoms with Crippen molar-refractivity contribution < 1.29 is 9.53 Å². The summed E-state index contributed by atoms with van der Waals surface area (Å²) in [6.45, 7) is 4.52. The van der Waals surface area contributed by atoms with E-state index >= 15 is 0 Å². The lowest BCUT2D eigenvalue weighted by Crippen LogP contribution is -2.51. The van der Waals surface area contributed by atoms with Crippen LogP contribution in [0.1, 0.15) is 24.8 Å². The number of carbonyl (C=O) groups excluding carboxylic acids is 1. The van der Waals surface area contributed by atoms with Gasteiger partial charge in [-0.05, 0) is 43.4 Å². The summed E-state index contributed by atoms with van der Waals surface area (Å²) in [7, 11) is 0. The molecule has 23 heavy (non-hydrogen) atoms. The van der Waals surface area contributed by atoms with Crippen molar-refractivity contribution in [2.24, 2.45) is 5.92 Å². The first-order valence-corrected chi connectivity index (χ1v) is 8.84. The molecule has 0 bridgehead atoms. The number of hydrogen-bond acceptors (Lipinski definition) is 4. The van der Waals surface area contributed by atoms with Crippen molar-refractivity contribution in [2.45, 2.75) is 37.8 Å². The molecule has 0 aromatic carbocycles. The van der Waals surface area contributed by atoms with Crippen LogP contribution < -0.4 is 0 Å². The molecule has 1 aromatic rings. The first-order valence-electron chi connectivity index (χ1n) is 8.84. The van der Waals surface area contributed by atoms with E-state index in [0.29, 0.717) is 23.9 Å². The Morgan fingerprint density at radius 2 is 1.87 bits per heavy atom. The molecule has 0 spiro atoms. The van der Waals surface area contributed by atoms with Gasteiger partial charge in [-0.3, -0.25) is 14.7 Å². The second kappa shape index (κ2) is 6.57. The molecule has 3 fully saturated rings. The van der Waals surface area contributed by atoms with E-state index in [1.807, 2.05) is 12.4 Å². The van der Waals surface area contributed by atoms with Gasteiger partial charge in [0.1, 0.15) is 0 Å². The Morgan fingerprint density at radius 1 is 1.13 bits per heavy atom. The smallest absolute Gasteiger partial charge is 0.225 e. The second-order valence-corrected chi connectivity index (χ2v) is 6.94. The number of hydrogen-bond donors (Lipinski definition) is 0. The van der Waals surface area contributed by atoms with E-state index < -0.39 is 0 Å². The summed E-state index contributed by atoms with van der Waals surface area (Å²) in [6.07, 6.45) is 7.89. The minimum Gasteiger partial charge on any atom is -0.379 e. The molecule has 1 saturated carbocycles. The van der Waals surface area contributed by atoms with Crippen LogP contribution in [-0.2, 0) is 16.0 Å². The van der Waals surface area contributed by atoms with Gasteiger partial charge in [-0.15, -0.1) is 0 Å². The van der Waals surface area contributed by atoms with Gasteiger partial charge in [0.15, 0.2) is 0 Å². The van der Waals surface area contributed by atoms with E-state index in [1.165, 1.54) is 5.56 Å². The van der Waals surface area contributed by atoms with Crippen molar-refractivity contribution in [2.75, 3.05) is 32.8 Å². The molecule has 0 N–H and O–H groups in total. The summed E-state index contributed by atoms with van der Waals surface area (Å²) in [4.78, 5) is 21.5. The maximum Gasteiger partial charge on any atom is 0.225 e. The lowest BCUT2D eigenvalue weighted by molar-refractivity contribution is -0.134. The SMILES string of the molecule is O=C(C1CC1)N1CC[C@@H](N2CCOCC2)[C@@H]1Cc1ccncc1. The lowest BCUT2D eigenvalue weighted by atomic mass is 9.99. The molecule has 1 aromatic heterocycles. The fourth-order valence-corrected chi connectivity index (χ4v) is 4.02. The Balaban J connectivity index is 1.53. The zero-order chi connectivity index (χ0) is 15.6. The maximum atomic E-state index is 12.7. The molecule has 3 heterocycles. The third-order valence-electron chi connectivity index (χ3n) is 5.43. The summed E-state index contributed by atoms with van der Waals surface area (Å²) in [5.74, 6) is 0.693. The van der Waals surface area contributed by atoms with Gasteiger partial charge in [-0.2, -0.15) is 0 Å². The highest BCUT2D eigenvalue weighted by Crippen LogP contribution is 2.35. The lowest BCUT2D eigenvalue weighted by Gasteiger charge is -2.37. The quantitative estimate of drug-likeness (QED) is 0.841. The van der Waals surface area contributed by atoms with Crippen LogP contribution in [-0.4, -0.2) is 65.6 Å². The van der Waals surface area contributed by atoms with Crippen LogP contribution in [0, 0.1) is 5.92 Å². The molecule has 2 aliphatic heterocycles. The van der Waals surface area contributed by atoms with Gasteiger partial charge in [0, 0.05) is 44.0 Å².